The molecule has 1 aliphatic rings. The van der Waals surface area contributed by atoms with Gasteiger partial charge in [-0.25, -0.2) is 4.79 Å². The highest BCUT2D eigenvalue weighted by Gasteiger charge is 2.21. The molecule has 1 aliphatic carbocycles. The van der Waals surface area contributed by atoms with Crippen LogP contribution >= 0.6 is 0 Å². The van der Waals surface area contributed by atoms with E-state index in [2.05, 4.69) is 5.73 Å². The van der Waals surface area contributed by atoms with Gasteiger partial charge < -0.3 is 22.9 Å². The highest BCUT2D eigenvalue weighted by molar-refractivity contribution is 5.73. The van der Waals surface area contributed by atoms with E-state index in [1.807, 2.05) is 6.92 Å². The van der Waals surface area contributed by atoms with Gasteiger partial charge in [0.25, 0.3) is 0 Å². The number of quaternary nitrogens is 1. The molecule has 0 amide bonds. The molecular weight excluding hydrogens is 226 g/mol. The second kappa shape index (κ2) is 8.82. The van der Waals surface area contributed by atoms with Gasteiger partial charge in [-0.2, -0.15) is 0 Å². The Bertz CT molecular complexity index is 193. The van der Waals surface area contributed by atoms with Crippen molar-refractivity contribution in [3.8, 4) is 0 Å². The number of halogens is 1. The Hall–Kier alpha value is -0.280. The second-order valence-electron chi connectivity index (χ2n) is 4.53. The van der Waals surface area contributed by atoms with Crippen LogP contribution in [0, 0.1) is 5.92 Å². The molecule has 0 heterocycles. The van der Waals surface area contributed by atoms with Crippen molar-refractivity contribution < 1.29 is 27.7 Å². The van der Waals surface area contributed by atoms with Gasteiger partial charge in [0, 0.05) is 6.42 Å². The highest BCUT2D eigenvalue weighted by atomic mass is 35.5. The van der Waals surface area contributed by atoms with E-state index < -0.39 is 0 Å². The van der Waals surface area contributed by atoms with Crippen molar-refractivity contribution in [1.29, 1.82) is 0 Å². The van der Waals surface area contributed by atoms with Crippen LogP contribution in [0.4, 0.5) is 0 Å². The van der Waals surface area contributed by atoms with Gasteiger partial charge in [0.1, 0.15) is 0 Å². The van der Waals surface area contributed by atoms with Crippen molar-refractivity contribution >= 4 is 5.97 Å². The molecule has 3 N–H and O–H groups in total. The fraction of sp³-hybridized carbons (Fsp3) is 0.917. The summed E-state index contributed by atoms with van der Waals surface area (Å²) in [6, 6.07) is -0.160. The van der Waals surface area contributed by atoms with E-state index in [-0.39, 0.29) is 24.4 Å². The molecule has 1 rings (SSSR count). The Morgan fingerprint density at radius 2 is 2.00 bits per heavy atom. The summed E-state index contributed by atoms with van der Waals surface area (Å²) in [4.78, 5) is 11.3. The summed E-state index contributed by atoms with van der Waals surface area (Å²) in [6.07, 6.45) is 8.85. The van der Waals surface area contributed by atoms with Gasteiger partial charge in [-0.15, -0.1) is 0 Å². The molecule has 0 saturated heterocycles. The van der Waals surface area contributed by atoms with Crippen LogP contribution in [-0.4, -0.2) is 18.6 Å². The lowest BCUT2D eigenvalue weighted by molar-refractivity contribution is -0.410. The van der Waals surface area contributed by atoms with Crippen LogP contribution in [0.25, 0.3) is 0 Å². The van der Waals surface area contributed by atoms with Crippen molar-refractivity contribution in [2.75, 3.05) is 6.61 Å². The quantitative estimate of drug-likeness (QED) is 0.605. The maximum Gasteiger partial charge on any atom is 0.364 e. The first-order valence-electron chi connectivity index (χ1n) is 6.23. The van der Waals surface area contributed by atoms with Crippen molar-refractivity contribution in [2.24, 2.45) is 5.92 Å². The molecule has 16 heavy (non-hydrogen) atoms. The second-order valence-corrected chi connectivity index (χ2v) is 4.53. The highest BCUT2D eigenvalue weighted by Crippen LogP contribution is 2.27. The summed E-state index contributed by atoms with van der Waals surface area (Å²) < 4.78 is 4.94. The number of rotatable bonds is 5. The lowest BCUT2D eigenvalue weighted by Gasteiger charge is -2.21. The monoisotopic (exact) mass is 249 g/mol. The van der Waals surface area contributed by atoms with E-state index in [1.165, 1.54) is 32.1 Å². The molecule has 0 radical (unpaired) electrons. The number of carbonyl (C=O) groups excluding carboxylic acids is 1. The Balaban J connectivity index is 0.00000225. The molecule has 1 saturated carbocycles. The number of hydrogen-bond acceptors (Lipinski definition) is 2. The van der Waals surface area contributed by atoms with E-state index in [4.69, 9.17) is 4.74 Å². The molecule has 96 valence electrons. The van der Waals surface area contributed by atoms with Gasteiger partial charge >= 0.3 is 5.97 Å². The molecule has 0 bridgehead atoms. The van der Waals surface area contributed by atoms with Gasteiger partial charge in [0.2, 0.25) is 0 Å². The average molecular weight is 250 g/mol. The summed E-state index contributed by atoms with van der Waals surface area (Å²) >= 11 is 0. The predicted octanol–water partition coefficient (Wildman–Crippen LogP) is -1.48. The SMILES string of the molecule is CCOC(=O)[C@@H]([NH3+])CCC1CCCCC1.[Cl-]. The van der Waals surface area contributed by atoms with E-state index >= 15 is 0 Å². The number of esters is 1. The average Bonchev–Trinajstić information content (AvgIpc) is 2.27. The Morgan fingerprint density at radius 1 is 1.38 bits per heavy atom. The van der Waals surface area contributed by atoms with Crippen LogP contribution in [0.1, 0.15) is 51.9 Å². The van der Waals surface area contributed by atoms with Crippen LogP contribution in [0.15, 0.2) is 0 Å². The molecule has 0 unspecified atom stereocenters. The minimum atomic E-state index is -0.160. The summed E-state index contributed by atoms with van der Waals surface area (Å²) in [7, 11) is 0. The topological polar surface area (TPSA) is 53.9 Å². The predicted molar refractivity (Wildman–Crippen MR) is 59.1 cm³/mol. The summed E-state index contributed by atoms with van der Waals surface area (Å²) in [5.74, 6) is 0.700. The first kappa shape index (κ1) is 15.7. The minimum Gasteiger partial charge on any atom is -1.00 e. The molecule has 3 nitrogen and oxygen atoms in total. The maximum atomic E-state index is 11.3. The number of carbonyl (C=O) groups is 1. The van der Waals surface area contributed by atoms with Gasteiger partial charge in [0.15, 0.2) is 6.04 Å². The smallest absolute Gasteiger partial charge is 0.364 e. The fourth-order valence-corrected chi connectivity index (χ4v) is 2.29. The van der Waals surface area contributed by atoms with Crippen LogP contribution in [0.5, 0.6) is 0 Å². The summed E-state index contributed by atoms with van der Waals surface area (Å²) in [5, 5.41) is 0. The Morgan fingerprint density at radius 3 is 2.56 bits per heavy atom. The van der Waals surface area contributed by atoms with Crippen LogP contribution in [-0.2, 0) is 9.53 Å². The van der Waals surface area contributed by atoms with E-state index in [0.717, 1.165) is 18.8 Å². The molecule has 0 spiro atoms. The fourth-order valence-electron chi connectivity index (χ4n) is 2.29. The Labute approximate surface area is 105 Å². The lowest BCUT2D eigenvalue weighted by atomic mass is 9.85. The standard InChI is InChI=1S/C12H23NO2.ClH/c1-2-15-12(14)11(13)9-8-10-6-4-3-5-7-10;/h10-11H,2-9,13H2,1H3;1H/t11-;/m0./s1. The van der Waals surface area contributed by atoms with Crippen LogP contribution < -0.4 is 18.1 Å². The zero-order valence-electron chi connectivity index (χ0n) is 10.2. The minimum absolute atomic E-state index is 0. The molecule has 0 aromatic rings. The molecule has 1 atom stereocenters. The third-order valence-electron chi connectivity index (χ3n) is 3.27. The lowest BCUT2D eigenvalue weighted by Crippen LogP contribution is -3.00. The van der Waals surface area contributed by atoms with Gasteiger partial charge in [-0.05, 0) is 19.3 Å². The zero-order chi connectivity index (χ0) is 11.1. The van der Waals surface area contributed by atoms with E-state index in [1.54, 1.807) is 0 Å². The van der Waals surface area contributed by atoms with E-state index in [9.17, 15) is 4.79 Å². The van der Waals surface area contributed by atoms with Gasteiger partial charge in [-0.3, -0.25) is 0 Å². The zero-order valence-corrected chi connectivity index (χ0v) is 11.0. The molecule has 0 aliphatic heterocycles. The summed E-state index contributed by atoms with van der Waals surface area (Å²) in [5.41, 5.74) is 3.87. The third kappa shape index (κ3) is 5.71. The first-order valence-corrected chi connectivity index (χ1v) is 6.23. The maximum absolute atomic E-state index is 11.3. The largest absolute Gasteiger partial charge is 1.00 e. The van der Waals surface area contributed by atoms with Crippen LogP contribution in [0.3, 0.4) is 0 Å². The van der Waals surface area contributed by atoms with Gasteiger partial charge in [-0.1, -0.05) is 32.1 Å². The molecular formula is C12H24ClNO2. The van der Waals surface area contributed by atoms with E-state index in [0.29, 0.717) is 6.61 Å². The third-order valence-corrected chi connectivity index (χ3v) is 3.27. The molecule has 1 fully saturated rings. The van der Waals surface area contributed by atoms with Crippen LogP contribution in [0.2, 0.25) is 0 Å². The molecule has 4 heteroatoms. The number of ether oxygens (including phenoxy) is 1. The normalized spacial score (nSPS) is 18.6. The molecule has 0 aromatic carbocycles. The Kier molecular flexibility index (Phi) is 8.67. The van der Waals surface area contributed by atoms with Crippen molar-refractivity contribution in [1.82, 2.24) is 0 Å². The summed E-state index contributed by atoms with van der Waals surface area (Å²) in [6.45, 7) is 2.31. The van der Waals surface area contributed by atoms with Crippen molar-refractivity contribution in [3.05, 3.63) is 0 Å². The van der Waals surface area contributed by atoms with Gasteiger partial charge in [0.05, 0.1) is 6.61 Å². The van der Waals surface area contributed by atoms with Crippen molar-refractivity contribution in [3.63, 3.8) is 0 Å². The number of hydrogen-bond donors (Lipinski definition) is 1. The molecule has 0 aromatic heterocycles. The first-order chi connectivity index (χ1) is 7.24. The van der Waals surface area contributed by atoms with Crippen molar-refractivity contribution in [2.45, 2.75) is 57.9 Å².